The molecule has 0 aliphatic carbocycles. The average Bonchev–Trinajstić information content (AvgIpc) is 2.90. The molecule has 0 aromatic heterocycles. The Labute approximate surface area is 168 Å². The van der Waals surface area contributed by atoms with Crippen molar-refractivity contribution in [2.24, 2.45) is 5.10 Å². The van der Waals surface area contributed by atoms with Crippen LogP contribution in [0.3, 0.4) is 0 Å². The van der Waals surface area contributed by atoms with Gasteiger partial charge in [0.15, 0.2) is 11.5 Å². The Kier molecular flexibility index (Phi) is 4.06. The molecule has 29 heavy (non-hydrogen) atoms. The summed E-state index contributed by atoms with van der Waals surface area (Å²) in [5.41, 5.74) is 3.21. The number of hydrogen-bond acceptors (Lipinski definition) is 6. The molecule has 0 radical (unpaired) electrons. The number of benzene rings is 2. The minimum absolute atomic E-state index is 0.0267. The van der Waals surface area contributed by atoms with Crippen LogP contribution in [0.15, 0.2) is 65.1 Å². The van der Waals surface area contributed by atoms with Crippen molar-refractivity contribution in [3.05, 3.63) is 76.7 Å². The summed E-state index contributed by atoms with van der Waals surface area (Å²) < 4.78 is 6.08. The van der Waals surface area contributed by atoms with Crippen molar-refractivity contribution in [3.63, 3.8) is 0 Å². The van der Waals surface area contributed by atoms with E-state index in [1.807, 2.05) is 42.5 Å². The summed E-state index contributed by atoms with van der Waals surface area (Å²) in [6.45, 7) is 0.873. The smallest absolute Gasteiger partial charge is 0.275 e. The molecule has 1 saturated heterocycles. The van der Waals surface area contributed by atoms with E-state index in [2.05, 4.69) is 11.2 Å². The third-order valence-electron chi connectivity index (χ3n) is 5.82. The molecule has 3 heterocycles. The van der Waals surface area contributed by atoms with Gasteiger partial charge in [0.2, 0.25) is 0 Å². The number of carbonyl (C=O) groups excluding carboxylic acids is 1. The molecule has 148 valence electrons. The largest absolute Gasteiger partial charge is 0.507 e. The summed E-state index contributed by atoms with van der Waals surface area (Å²) >= 11 is 0. The third-order valence-corrected chi connectivity index (χ3v) is 5.82. The van der Waals surface area contributed by atoms with Gasteiger partial charge in [-0.1, -0.05) is 42.5 Å². The summed E-state index contributed by atoms with van der Waals surface area (Å²) in [5.74, 6) is -0.0752. The first-order valence-corrected chi connectivity index (χ1v) is 9.55. The number of amides is 1. The number of hydrazone groups is 1. The Morgan fingerprint density at radius 3 is 2.66 bits per heavy atom. The highest BCUT2D eigenvalue weighted by Gasteiger charge is 2.45. The molecule has 3 unspecified atom stereocenters. The number of nitrogens with zero attached hydrogens (tertiary/aromatic N) is 3. The van der Waals surface area contributed by atoms with Crippen LogP contribution in [0, 0.1) is 0 Å². The second kappa shape index (κ2) is 6.63. The molecule has 1 amide bonds. The fraction of sp³-hybridized carbons (Fsp3) is 0.273. The van der Waals surface area contributed by atoms with Gasteiger partial charge in [-0.05, 0) is 17.2 Å². The predicted octanol–water partition coefficient (Wildman–Crippen LogP) is 1.98. The third kappa shape index (κ3) is 2.69. The second-order valence-electron chi connectivity index (χ2n) is 7.54. The fourth-order valence-electron chi connectivity index (χ4n) is 4.42. The highest BCUT2D eigenvalue weighted by molar-refractivity contribution is 5.96. The standard InChI is InChI=1S/C22H21N3O4/c1-24-11-16(25-20(22(24)28)21(27)17(26)10-23-25)19-14-7-3-2-6-13(14)12-29-18-9-5-4-8-15(18)19/h2-10,16-17,19,26-27H,11-12H2,1H3. The number of aliphatic hydroxyl groups excluding tert-OH is 2. The Morgan fingerprint density at radius 2 is 1.83 bits per heavy atom. The van der Waals surface area contributed by atoms with Gasteiger partial charge in [0.05, 0.1) is 12.3 Å². The van der Waals surface area contributed by atoms with Crippen LogP contribution >= 0.6 is 0 Å². The van der Waals surface area contributed by atoms with Gasteiger partial charge >= 0.3 is 0 Å². The minimum Gasteiger partial charge on any atom is -0.507 e. The Morgan fingerprint density at radius 1 is 1.10 bits per heavy atom. The first-order chi connectivity index (χ1) is 14.1. The monoisotopic (exact) mass is 391 g/mol. The van der Waals surface area contributed by atoms with Crippen molar-refractivity contribution in [3.8, 4) is 5.75 Å². The molecule has 3 aliphatic heterocycles. The van der Waals surface area contributed by atoms with E-state index in [9.17, 15) is 15.0 Å². The number of rotatable bonds is 1. The molecule has 2 aromatic rings. The summed E-state index contributed by atoms with van der Waals surface area (Å²) in [6, 6.07) is 15.7. The van der Waals surface area contributed by atoms with Crippen LogP contribution in [0.2, 0.25) is 0 Å². The van der Waals surface area contributed by atoms with Crippen molar-refractivity contribution in [2.45, 2.75) is 24.7 Å². The van der Waals surface area contributed by atoms with Crippen molar-refractivity contribution < 1.29 is 19.7 Å². The molecule has 7 heteroatoms. The molecule has 3 atom stereocenters. The van der Waals surface area contributed by atoms with E-state index in [1.54, 1.807) is 17.0 Å². The Balaban J connectivity index is 1.71. The zero-order valence-corrected chi connectivity index (χ0v) is 15.9. The second-order valence-corrected chi connectivity index (χ2v) is 7.54. The lowest BCUT2D eigenvalue weighted by molar-refractivity contribution is -0.132. The van der Waals surface area contributed by atoms with Gasteiger partial charge in [-0.3, -0.25) is 9.80 Å². The van der Waals surface area contributed by atoms with E-state index in [0.29, 0.717) is 13.2 Å². The van der Waals surface area contributed by atoms with Gasteiger partial charge in [-0.15, -0.1) is 0 Å². The number of aliphatic hydroxyl groups is 2. The van der Waals surface area contributed by atoms with E-state index >= 15 is 0 Å². The van der Waals surface area contributed by atoms with Crippen LogP contribution in [0.4, 0.5) is 0 Å². The van der Waals surface area contributed by atoms with Crippen LogP contribution < -0.4 is 4.74 Å². The van der Waals surface area contributed by atoms with Gasteiger partial charge in [0.1, 0.15) is 18.5 Å². The Hall–Kier alpha value is -3.32. The maximum Gasteiger partial charge on any atom is 0.275 e. The number of para-hydroxylation sites is 1. The van der Waals surface area contributed by atoms with Crippen molar-refractivity contribution in [2.75, 3.05) is 13.6 Å². The highest BCUT2D eigenvalue weighted by Crippen LogP contribution is 2.43. The lowest BCUT2D eigenvalue weighted by atomic mass is 9.81. The molecular formula is C22H21N3O4. The highest BCUT2D eigenvalue weighted by atomic mass is 16.5. The lowest BCUT2D eigenvalue weighted by Gasteiger charge is -2.44. The number of hydrogen-bond donors (Lipinski definition) is 2. The molecule has 0 saturated carbocycles. The quantitative estimate of drug-likeness (QED) is 0.777. The first kappa shape index (κ1) is 17.8. The van der Waals surface area contributed by atoms with Crippen LogP contribution in [0.5, 0.6) is 5.75 Å². The molecule has 0 spiro atoms. The molecule has 2 aromatic carbocycles. The van der Waals surface area contributed by atoms with E-state index in [0.717, 1.165) is 22.4 Å². The maximum absolute atomic E-state index is 12.8. The fourth-order valence-corrected chi connectivity index (χ4v) is 4.42. The van der Waals surface area contributed by atoms with E-state index in [1.165, 1.54) is 6.21 Å². The molecule has 7 nitrogen and oxygen atoms in total. The van der Waals surface area contributed by atoms with Gasteiger partial charge in [-0.2, -0.15) is 5.10 Å². The van der Waals surface area contributed by atoms with Crippen LogP contribution in [0.1, 0.15) is 22.6 Å². The molecule has 2 N–H and O–H groups in total. The summed E-state index contributed by atoms with van der Waals surface area (Å²) in [4.78, 5) is 14.3. The minimum atomic E-state index is -1.28. The summed E-state index contributed by atoms with van der Waals surface area (Å²) in [7, 11) is 1.70. The van der Waals surface area contributed by atoms with E-state index < -0.39 is 6.10 Å². The molecule has 3 aliphatic rings. The number of ether oxygens (including phenoxy) is 1. The molecule has 5 rings (SSSR count). The molecule has 1 fully saturated rings. The number of fused-ring (bicyclic) bond motifs is 3. The number of piperazine rings is 1. The van der Waals surface area contributed by atoms with Crippen LogP contribution in [0.25, 0.3) is 0 Å². The van der Waals surface area contributed by atoms with Gasteiger partial charge in [-0.25, -0.2) is 0 Å². The predicted molar refractivity (Wildman–Crippen MR) is 106 cm³/mol. The number of likely N-dealkylation sites (N-methyl/N-ethyl adjacent to an activating group) is 1. The van der Waals surface area contributed by atoms with Gasteiger partial charge in [0.25, 0.3) is 5.91 Å². The molecular weight excluding hydrogens is 370 g/mol. The molecule has 0 bridgehead atoms. The van der Waals surface area contributed by atoms with Crippen LogP contribution in [-0.2, 0) is 11.4 Å². The van der Waals surface area contributed by atoms with Crippen molar-refractivity contribution in [1.82, 2.24) is 9.91 Å². The van der Waals surface area contributed by atoms with Crippen LogP contribution in [-0.4, -0.2) is 58.0 Å². The topological polar surface area (TPSA) is 85.6 Å². The van der Waals surface area contributed by atoms with Gasteiger partial charge in [0, 0.05) is 25.1 Å². The Bertz CT molecular complexity index is 1000. The van der Waals surface area contributed by atoms with Crippen molar-refractivity contribution in [1.29, 1.82) is 0 Å². The number of carbonyl (C=O) groups is 1. The van der Waals surface area contributed by atoms with E-state index in [4.69, 9.17) is 4.74 Å². The maximum atomic E-state index is 12.8. The average molecular weight is 391 g/mol. The summed E-state index contributed by atoms with van der Waals surface area (Å²) in [5, 5.41) is 26.4. The lowest BCUT2D eigenvalue weighted by Crippen LogP contribution is -2.55. The normalized spacial score (nSPS) is 25.7. The zero-order chi connectivity index (χ0) is 20.1. The van der Waals surface area contributed by atoms with Gasteiger partial charge < -0.3 is 19.8 Å². The zero-order valence-electron chi connectivity index (χ0n) is 15.9. The SMILES string of the molecule is CN1CC(C2c3ccccc3COc3ccccc32)N2N=CC(O)C(O)=C2C1=O. The summed E-state index contributed by atoms with van der Waals surface area (Å²) in [6.07, 6.45) is -0.0236. The first-order valence-electron chi connectivity index (χ1n) is 9.55. The van der Waals surface area contributed by atoms with E-state index in [-0.39, 0.29) is 29.3 Å². The van der Waals surface area contributed by atoms with Crippen molar-refractivity contribution >= 4 is 12.1 Å².